The zero-order chi connectivity index (χ0) is 15.4. The van der Waals surface area contributed by atoms with E-state index in [1.807, 2.05) is 7.05 Å². The number of aromatic nitrogens is 2. The van der Waals surface area contributed by atoms with Gasteiger partial charge in [-0.3, -0.25) is 0 Å². The van der Waals surface area contributed by atoms with E-state index >= 15 is 0 Å². The quantitative estimate of drug-likeness (QED) is 0.660. The second-order valence-electron chi connectivity index (χ2n) is 5.31. The zero-order valence-corrected chi connectivity index (χ0v) is 14.3. The number of aryl methyl sites for hydroxylation is 3. The summed E-state index contributed by atoms with van der Waals surface area (Å²) in [5, 5.41) is 4.24. The average molecular weight is 301 g/mol. The summed E-state index contributed by atoms with van der Waals surface area (Å²) in [5.74, 6) is 2.77. The molecule has 0 saturated carbocycles. The van der Waals surface area contributed by atoms with Crippen molar-refractivity contribution in [3.05, 3.63) is 46.3 Å². The van der Waals surface area contributed by atoms with Gasteiger partial charge in [0.25, 0.3) is 0 Å². The zero-order valence-electron chi connectivity index (χ0n) is 13.4. The maximum Gasteiger partial charge on any atom is 0.133 e. The molecule has 0 aliphatic carbocycles. The van der Waals surface area contributed by atoms with Crippen LogP contribution in [0.3, 0.4) is 0 Å². The molecule has 0 radical (unpaired) electrons. The highest BCUT2D eigenvalue weighted by molar-refractivity contribution is 7.98. The summed E-state index contributed by atoms with van der Waals surface area (Å²) in [5.41, 5.74) is 5.11. The number of benzene rings is 1. The van der Waals surface area contributed by atoms with E-state index in [0.29, 0.717) is 0 Å². The van der Waals surface area contributed by atoms with Crippen molar-refractivity contribution in [2.45, 2.75) is 44.9 Å². The van der Waals surface area contributed by atoms with Gasteiger partial charge in [-0.1, -0.05) is 36.2 Å². The molecule has 112 valence electrons. The number of anilines is 1. The highest BCUT2D eigenvalue weighted by Gasteiger charge is 2.10. The van der Waals surface area contributed by atoms with E-state index in [2.05, 4.69) is 61.2 Å². The predicted octanol–water partition coefficient (Wildman–Crippen LogP) is 4.30. The van der Waals surface area contributed by atoms with Crippen molar-refractivity contribution in [2.75, 3.05) is 12.4 Å². The number of rotatable bonds is 5. The Labute approximate surface area is 131 Å². The van der Waals surface area contributed by atoms with Crippen LogP contribution in [-0.2, 0) is 12.2 Å². The van der Waals surface area contributed by atoms with Gasteiger partial charge in [0.1, 0.15) is 16.7 Å². The lowest BCUT2D eigenvalue weighted by Gasteiger charge is -2.11. The van der Waals surface area contributed by atoms with Gasteiger partial charge in [0, 0.05) is 24.8 Å². The van der Waals surface area contributed by atoms with Gasteiger partial charge in [0.2, 0.25) is 0 Å². The van der Waals surface area contributed by atoms with Crippen molar-refractivity contribution >= 4 is 17.6 Å². The third-order valence-electron chi connectivity index (χ3n) is 3.36. The topological polar surface area (TPSA) is 37.8 Å². The third-order valence-corrected chi connectivity index (χ3v) is 4.51. The number of nitrogens with zero attached hydrogens (tertiary/aromatic N) is 2. The standard InChI is InChI=1S/C17H23N3S/c1-6-15-19-16(18-5)13(4)17(20-15)21-10-14-8-11(2)7-12(3)9-14/h7-9H,6,10H2,1-5H3,(H,18,19,20). The lowest BCUT2D eigenvalue weighted by Crippen LogP contribution is -2.04. The first-order valence-corrected chi connectivity index (χ1v) is 8.27. The summed E-state index contributed by atoms with van der Waals surface area (Å²) < 4.78 is 0. The first-order valence-electron chi connectivity index (χ1n) is 7.28. The molecule has 1 N–H and O–H groups in total. The maximum atomic E-state index is 4.67. The Hall–Kier alpha value is -1.55. The van der Waals surface area contributed by atoms with Crippen LogP contribution < -0.4 is 5.32 Å². The van der Waals surface area contributed by atoms with Crippen LogP contribution in [0.25, 0.3) is 0 Å². The average Bonchev–Trinajstić information content (AvgIpc) is 2.45. The molecule has 0 atom stereocenters. The minimum Gasteiger partial charge on any atom is -0.373 e. The molecular formula is C17H23N3S. The van der Waals surface area contributed by atoms with Gasteiger partial charge in [0.05, 0.1) is 0 Å². The molecule has 4 heteroatoms. The van der Waals surface area contributed by atoms with Gasteiger partial charge in [-0.05, 0) is 26.3 Å². The first-order chi connectivity index (χ1) is 10.0. The van der Waals surface area contributed by atoms with Crippen LogP contribution in [0.15, 0.2) is 23.2 Å². The van der Waals surface area contributed by atoms with E-state index in [4.69, 9.17) is 0 Å². The largest absolute Gasteiger partial charge is 0.373 e. The van der Waals surface area contributed by atoms with E-state index in [1.54, 1.807) is 11.8 Å². The fraction of sp³-hybridized carbons (Fsp3) is 0.412. The molecule has 1 aromatic carbocycles. The van der Waals surface area contributed by atoms with E-state index in [0.717, 1.165) is 34.4 Å². The minimum atomic E-state index is 0.853. The SMILES string of the molecule is CCc1nc(NC)c(C)c(SCc2cc(C)cc(C)c2)n1. The van der Waals surface area contributed by atoms with E-state index in [1.165, 1.54) is 16.7 Å². The molecule has 2 aromatic rings. The molecular weight excluding hydrogens is 278 g/mol. The summed E-state index contributed by atoms with van der Waals surface area (Å²) in [6.45, 7) is 8.45. The Balaban J connectivity index is 2.22. The molecule has 0 saturated heterocycles. The van der Waals surface area contributed by atoms with Gasteiger partial charge in [0.15, 0.2) is 0 Å². The Morgan fingerprint density at radius 1 is 1.05 bits per heavy atom. The molecule has 1 aromatic heterocycles. The molecule has 0 aliphatic heterocycles. The first kappa shape index (κ1) is 15.8. The molecule has 0 aliphatic rings. The van der Waals surface area contributed by atoms with Gasteiger partial charge in [-0.15, -0.1) is 11.8 Å². The lowest BCUT2D eigenvalue weighted by molar-refractivity contribution is 0.874. The van der Waals surface area contributed by atoms with E-state index < -0.39 is 0 Å². The van der Waals surface area contributed by atoms with Crippen molar-refractivity contribution < 1.29 is 0 Å². The smallest absolute Gasteiger partial charge is 0.133 e. The predicted molar refractivity (Wildman–Crippen MR) is 91.2 cm³/mol. The Morgan fingerprint density at radius 2 is 1.71 bits per heavy atom. The second-order valence-corrected chi connectivity index (χ2v) is 6.27. The second kappa shape index (κ2) is 6.94. The molecule has 2 rings (SSSR count). The highest BCUT2D eigenvalue weighted by atomic mass is 32.2. The summed E-state index contributed by atoms with van der Waals surface area (Å²) >= 11 is 1.79. The van der Waals surface area contributed by atoms with Crippen LogP contribution in [-0.4, -0.2) is 17.0 Å². The van der Waals surface area contributed by atoms with Crippen molar-refractivity contribution in [3.63, 3.8) is 0 Å². The lowest BCUT2D eigenvalue weighted by atomic mass is 10.1. The summed E-state index contributed by atoms with van der Waals surface area (Å²) in [7, 11) is 1.91. The molecule has 0 amide bonds. The molecule has 1 heterocycles. The minimum absolute atomic E-state index is 0.853. The van der Waals surface area contributed by atoms with Crippen molar-refractivity contribution in [1.29, 1.82) is 0 Å². The molecule has 0 unspecified atom stereocenters. The Kier molecular flexibility index (Phi) is 5.23. The van der Waals surface area contributed by atoms with E-state index in [9.17, 15) is 0 Å². The molecule has 0 spiro atoms. The van der Waals surface area contributed by atoms with Crippen molar-refractivity contribution in [3.8, 4) is 0 Å². The molecule has 0 fully saturated rings. The van der Waals surface area contributed by atoms with Crippen LogP contribution >= 0.6 is 11.8 Å². The maximum absolute atomic E-state index is 4.67. The summed E-state index contributed by atoms with van der Waals surface area (Å²) in [6.07, 6.45) is 0.853. The van der Waals surface area contributed by atoms with Crippen LogP contribution in [0.4, 0.5) is 5.82 Å². The fourth-order valence-corrected chi connectivity index (χ4v) is 3.34. The normalized spacial score (nSPS) is 10.7. The fourth-order valence-electron chi connectivity index (χ4n) is 2.39. The van der Waals surface area contributed by atoms with Crippen molar-refractivity contribution in [1.82, 2.24) is 9.97 Å². The van der Waals surface area contributed by atoms with Gasteiger partial charge < -0.3 is 5.32 Å². The van der Waals surface area contributed by atoms with Gasteiger partial charge in [-0.2, -0.15) is 0 Å². The summed E-state index contributed by atoms with van der Waals surface area (Å²) in [4.78, 5) is 9.19. The molecule has 3 nitrogen and oxygen atoms in total. The Bertz CT molecular complexity index is 618. The highest BCUT2D eigenvalue weighted by Crippen LogP contribution is 2.28. The van der Waals surface area contributed by atoms with Crippen LogP contribution in [0.2, 0.25) is 0 Å². The van der Waals surface area contributed by atoms with E-state index in [-0.39, 0.29) is 0 Å². The molecule has 21 heavy (non-hydrogen) atoms. The number of hydrogen-bond acceptors (Lipinski definition) is 4. The Morgan fingerprint density at radius 3 is 2.29 bits per heavy atom. The van der Waals surface area contributed by atoms with Gasteiger partial charge >= 0.3 is 0 Å². The number of thioether (sulfide) groups is 1. The number of hydrogen-bond donors (Lipinski definition) is 1. The van der Waals surface area contributed by atoms with Crippen LogP contribution in [0.1, 0.15) is 35.0 Å². The number of nitrogens with one attached hydrogen (secondary N) is 1. The van der Waals surface area contributed by atoms with Crippen LogP contribution in [0.5, 0.6) is 0 Å². The van der Waals surface area contributed by atoms with Crippen LogP contribution in [0, 0.1) is 20.8 Å². The summed E-state index contributed by atoms with van der Waals surface area (Å²) in [6, 6.07) is 6.70. The van der Waals surface area contributed by atoms with Gasteiger partial charge in [-0.25, -0.2) is 9.97 Å². The molecule has 0 bridgehead atoms. The monoisotopic (exact) mass is 301 g/mol. The third kappa shape index (κ3) is 3.97. The van der Waals surface area contributed by atoms with Crippen molar-refractivity contribution in [2.24, 2.45) is 0 Å².